The number of ether oxygens (including phenoxy) is 1. The minimum absolute atomic E-state index is 0.377. The number of rotatable bonds is 8. The molecule has 1 aromatic rings. The summed E-state index contributed by atoms with van der Waals surface area (Å²) in [4.78, 5) is 6.82. The van der Waals surface area contributed by atoms with E-state index in [0.717, 1.165) is 38.4 Å². The molecule has 1 aliphatic heterocycles. The van der Waals surface area contributed by atoms with Gasteiger partial charge in [0.25, 0.3) is 0 Å². The van der Waals surface area contributed by atoms with Gasteiger partial charge in [-0.3, -0.25) is 9.88 Å². The topological polar surface area (TPSA) is 37.4 Å². The van der Waals surface area contributed by atoms with Crippen LogP contribution in [-0.2, 0) is 11.3 Å². The van der Waals surface area contributed by atoms with Gasteiger partial charge in [0, 0.05) is 25.8 Å². The highest BCUT2D eigenvalue weighted by molar-refractivity contribution is 5.03. The van der Waals surface area contributed by atoms with Gasteiger partial charge < -0.3 is 10.1 Å². The van der Waals surface area contributed by atoms with Gasteiger partial charge in [-0.1, -0.05) is 19.9 Å². The van der Waals surface area contributed by atoms with Gasteiger partial charge in [-0.2, -0.15) is 0 Å². The number of pyridine rings is 1. The third-order valence-corrected chi connectivity index (χ3v) is 3.84. The quantitative estimate of drug-likeness (QED) is 0.789. The molecule has 1 saturated heterocycles. The van der Waals surface area contributed by atoms with Gasteiger partial charge in [0.15, 0.2) is 0 Å². The molecule has 4 heteroatoms. The van der Waals surface area contributed by atoms with Gasteiger partial charge in [-0.25, -0.2) is 0 Å². The van der Waals surface area contributed by atoms with Crippen LogP contribution < -0.4 is 5.32 Å². The average molecular weight is 277 g/mol. The molecule has 0 aliphatic carbocycles. The summed E-state index contributed by atoms with van der Waals surface area (Å²) in [7, 11) is 0. The fraction of sp³-hybridized carbons (Fsp3) is 0.688. The Balaban J connectivity index is 1.76. The van der Waals surface area contributed by atoms with E-state index in [0.29, 0.717) is 12.2 Å². The first-order valence-corrected chi connectivity index (χ1v) is 7.80. The second-order valence-corrected chi connectivity index (χ2v) is 5.41. The van der Waals surface area contributed by atoms with Gasteiger partial charge in [-0.15, -0.1) is 0 Å². The predicted octanol–water partition coefficient (Wildman–Crippen LogP) is 2.06. The van der Waals surface area contributed by atoms with E-state index in [9.17, 15) is 0 Å². The normalized spacial score (nSPS) is 22.6. The van der Waals surface area contributed by atoms with Crippen LogP contribution in [0, 0.1) is 0 Å². The lowest BCUT2D eigenvalue weighted by molar-refractivity contribution is 0.0228. The molecule has 2 atom stereocenters. The first-order chi connectivity index (χ1) is 9.81. The van der Waals surface area contributed by atoms with Crippen molar-refractivity contribution in [2.24, 2.45) is 0 Å². The third kappa shape index (κ3) is 4.85. The molecule has 2 rings (SSSR count). The highest BCUT2D eigenvalue weighted by Crippen LogP contribution is 2.20. The van der Waals surface area contributed by atoms with Crippen molar-refractivity contribution in [3.8, 4) is 0 Å². The molecular weight excluding hydrogens is 250 g/mol. The molecule has 0 bridgehead atoms. The van der Waals surface area contributed by atoms with Crippen LogP contribution in [0.3, 0.4) is 0 Å². The van der Waals surface area contributed by atoms with E-state index in [4.69, 9.17) is 4.74 Å². The van der Waals surface area contributed by atoms with Crippen LogP contribution in [0.4, 0.5) is 0 Å². The van der Waals surface area contributed by atoms with Gasteiger partial charge in [0.1, 0.15) is 0 Å². The summed E-state index contributed by atoms with van der Waals surface area (Å²) >= 11 is 0. The Morgan fingerprint density at radius 3 is 2.85 bits per heavy atom. The van der Waals surface area contributed by atoms with Crippen molar-refractivity contribution >= 4 is 0 Å². The summed E-state index contributed by atoms with van der Waals surface area (Å²) < 4.78 is 6.11. The first kappa shape index (κ1) is 15.4. The number of likely N-dealkylation sites (N-methyl/N-ethyl adjacent to an activating group) is 2. The molecule has 1 aliphatic rings. The number of hydrogen-bond donors (Lipinski definition) is 1. The second kappa shape index (κ2) is 8.35. The van der Waals surface area contributed by atoms with E-state index in [1.165, 1.54) is 12.8 Å². The zero-order valence-corrected chi connectivity index (χ0v) is 12.7. The lowest BCUT2D eigenvalue weighted by atomic mass is 10.2. The molecule has 4 nitrogen and oxygen atoms in total. The molecule has 0 aromatic carbocycles. The van der Waals surface area contributed by atoms with E-state index in [-0.39, 0.29) is 0 Å². The second-order valence-electron chi connectivity index (χ2n) is 5.41. The molecule has 1 fully saturated rings. The van der Waals surface area contributed by atoms with Crippen molar-refractivity contribution in [2.75, 3.05) is 26.2 Å². The maximum Gasteiger partial charge on any atom is 0.0707 e. The molecule has 0 spiro atoms. The summed E-state index contributed by atoms with van der Waals surface area (Å²) in [5.41, 5.74) is 1.14. The van der Waals surface area contributed by atoms with Gasteiger partial charge in [0.2, 0.25) is 0 Å². The van der Waals surface area contributed by atoms with Crippen molar-refractivity contribution < 1.29 is 4.74 Å². The van der Waals surface area contributed by atoms with Crippen molar-refractivity contribution in [3.05, 3.63) is 30.1 Å². The number of nitrogens with one attached hydrogen (secondary N) is 1. The Kier molecular flexibility index (Phi) is 6.43. The molecule has 2 heterocycles. The highest BCUT2D eigenvalue weighted by atomic mass is 16.5. The Hall–Kier alpha value is -0.970. The van der Waals surface area contributed by atoms with Crippen LogP contribution in [0.25, 0.3) is 0 Å². The van der Waals surface area contributed by atoms with Gasteiger partial charge in [0.05, 0.1) is 17.9 Å². The van der Waals surface area contributed by atoms with E-state index >= 15 is 0 Å². The molecule has 1 N–H and O–H groups in total. The Bertz CT molecular complexity index is 371. The molecule has 0 amide bonds. The number of hydrogen-bond acceptors (Lipinski definition) is 4. The fourth-order valence-corrected chi connectivity index (χ4v) is 2.68. The van der Waals surface area contributed by atoms with Crippen LogP contribution in [0.5, 0.6) is 0 Å². The molecular formula is C16H27N3O. The lowest BCUT2D eigenvalue weighted by Crippen LogP contribution is -2.33. The van der Waals surface area contributed by atoms with E-state index in [1.807, 2.05) is 12.3 Å². The molecule has 112 valence electrons. The van der Waals surface area contributed by atoms with Crippen molar-refractivity contribution in [2.45, 2.75) is 45.4 Å². The summed E-state index contributed by atoms with van der Waals surface area (Å²) in [5.74, 6) is 0. The third-order valence-electron chi connectivity index (χ3n) is 3.84. The van der Waals surface area contributed by atoms with Gasteiger partial charge in [-0.05, 0) is 38.1 Å². The zero-order valence-electron chi connectivity index (χ0n) is 12.7. The minimum Gasteiger partial charge on any atom is -0.372 e. The SMILES string of the molecule is CCNCC1CCC(CN(CC)Cc2ccccn2)O1. The standard InChI is InChI=1S/C16H27N3O/c1-3-17-11-15-8-9-16(20-15)13-19(4-2)12-14-7-5-6-10-18-14/h5-7,10,15-17H,3-4,8-9,11-13H2,1-2H3. The molecule has 2 unspecified atom stereocenters. The minimum atomic E-state index is 0.377. The molecule has 0 radical (unpaired) electrons. The Morgan fingerprint density at radius 2 is 2.15 bits per heavy atom. The van der Waals surface area contributed by atoms with E-state index in [1.54, 1.807) is 0 Å². The number of nitrogens with zero attached hydrogens (tertiary/aromatic N) is 2. The van der Waals surface area contributed by atoms with Crippen molar-refractivity contribution in [3.63, 3.8) is 0 Å². The van der Waals surface area contributed by atoms with Crippen molar-refractivity contribution in [1.82, 2.24) is 15.2 Å². The summed E-state index contributed by atoms with van der Waals surface area (Å²) in [6.07, 6.45) is 4.99. The Morgan fingerprint density at radius 1 is 1.30 bits per heavy atom. The van der Waals surface area contributed by atoms with Crippen LogP contribution >= 0.6 is 0 Å². The van der Waals surface area contributed by atoms with Crippen LogP contribution in [0.1, 0.15) is 32.4 Å². The first-order valence-electron chi connectivity index (χ1n) is 7.80. The van der Waals surface area contributed by atoms with Crippen LogP contribution in [0.15, 0.2) is 24.4 Å². The average Bonchev–Trinajstić information content (AvgIpc) is 2.93. The highest BCUT2D eigenvalue weighted by Gasteiger charge is 2.26. The molecule has 1 aromatic heterocycles. The largest absolute Gasteiger partial charge is 0.372 e. The maximum atomic E-state index is 6.11. The summed E-state index contributed by atoms with van der Waals surface area (Å²) in [6.45, 7) is 9.30. The van der Waals surface area contributed by atoms with Crippen LogP contribution in [0.2, 0.25) is 0 Å². The lowest BCUT2D eigenvalue weighted by Gasteiger charge is -2.24. The Labute approximate surface area is 122 Å². The smallest absolute Gasteiger partial charge is 0.0707 e. The maximum absolute atomic E-state index is 6.11. The van der Waals surface area contributed by atoms with E-state index in [2.05, 4.69) is 41.2 Å². The van der Waals surface area contributed by atoms with Gasteiger partial charge >= 0.3 is 0 Å². The van der Waals surface area contributed by atoms with Crippen LogP contribution in [-0.4, -0.2) is 48.3 Å². The monoisotopic (exact) mass is 277 g/mol. The number of aromatic nitrogens is 1. The fourth-order valence-electron chi connectivity index (χ4n) is 2.68. The van der Waals surface area contributed by atoms with E-state index < -0.39 is 0 Å². The van der Waals surface area contributed by atoms with Crippen molar-refractivity contribution in [1.29, 1.82) is 0 Å². The summed E-state index contributed by atoms with van der Waals surface area (Å²) in [5, 5.41) is 3.37. The predicted molar refractivity (Wildman–Crippen MR) is 81.6 cm³/mol. The molecule has 0 saturated carbocycles. The zero-order chi connectivity index (χ0) is 14.2. The summed E-state index contributed by atoms with van der Waals surface area (Å²) in [6, 6.07) is 6.10. The molecule has 20 heavy (non-hydrogen) atoms.